The molecule has 0 fully saturated rings. The van der Waals surface area contributed by atoms with Crippen molar-refractivity contribution in [3.8, 4) is 0 Å². The Morgan fingerprint density at radius 3 is 2.93 bits per heavy atom. The Kier molecular flexibility index (Phi) is 3.27. The lowest BCUT2D eigenvalue weighted by molar-refractivity contribution is 0.889. The summed E-state index contributed by atoms with van der Waals surface area (Å²) in [5.41, 5.74) is 1.97. The molecule has 0 bridgehead atoms. The maximum Gasteiger partial charge on any atom is 0.0902 e. The first-order valence-electron chi connectivity index (χ1n) is 4.96. The predicted octanol–water partition coefficient (Wildman–Crippen LogP) is 4.60. The van der Waals surface area contributed by atoms with Gasteiger partial charge in [-0.05, 0) is 18.6 Å². The minimum atomic E-state index is 0.714. The monoisotopic (exact) mass is 283 g/mol. The summed E-state index contributed by atoms with van der Waals surface area (Å²) < 4.78 is 1.07. The zero-order valence-corrected chi connectivity index (χ0v) is 10.8. The summed E-state index contributed by atoms with van der Waals surface area (Å²) in [7, 11) is 0. The van der Waals surface area contributed by atoms with Crippen LogP contribution < -0.4 is 0 Å². The third-order valence-corrected chi connectivity index (χ3v) is 3.26. The van der Waals surface area contributed by atoms with Crippen molar-refractivity contribution >= 4 is 38.4 Å². The number of nitrogens with zero attached hydrogens (tertiary/aromatic N) is 1. The SMILES string of the molecule is CCCc1cc(Br)c2cccc(Cl)c2n1. The van der Waals surface area contributed by atoms with Crippen LogP contribution >= 0.6 is 27.5 Å². The van der Waals surface area contributed by atoms with Gasteiger partial charge >= 0.3 is 0 Å². The number of para-hydroxylation sites is 1. The molecule has 1 heterocycles. The van der Waals surface area contributed by atoms with Gasteiger partial charge in [-0.25, -0.2) is 0 Å². The van der Waals surface area contributed by atoms with Gasteiger partial charge in [0.1, 0.15) is 0 Å². The molecule has 0 aliphatic carbocycles. The summed E-state index contributed by atoms with van der Waals surface area (Å²) in [6.45, 7) is 2.15. The maximum atomic E-state index is 6.12. The molecule has 0 saturated heterocycles. The third kappa shape index (κ3) is 2.16. The molecule has 0 atom stereocenters. The van der Waals surface area contributed by atoms with Gasteiger partial charge in [-0.3, -0.25) is 4.98 Å². The van der Waals surface area contributed by atoms with E-state index in [9.17, 15) is 0 Å². The van der Waals surface area contributed by atoms with Crippen molar-refractivity contribution < 1.29 is 0 Å². The number of pyridine rings is 1. The highest BCUT2D eigenvalue weighted by Gasteiger charge is 2.05. The van der Waals surface area contributed by atoms with Gasteiger partial charge in [0, 0.05) is 15.6 Å². The van der Waals surface area contributed by atoms with Crippen molar-refractivity contribution in [2.45, 2.75) is 19.8 Å². The number of fused-ring (bicyclic) bond motifs is 1. The average molecular weight is 285 g/mol. The quantitative estimate of drug-likeness (QED) is 0.785. The maximum absolute atomic E-state index is 6.12. The Labute approximate surface area is 103 Å². The van der Waals surface area contributed by atoms with E-state index in [1.165, 1.54) is 0 Å². The molecule has 0 aliphatic rings. The highest BCUT2D eigenvalue weighted by atomic mass is 79.9. The number of hydrogen-bond acceptors (Lipinski definition) is 1. The first kappa shape index (κ1) is 10.9. The lowest BCUT2D eigenvalue weighted by atomic mass is 10.1. The zero-order chi connectivity index (χ0) is 10.8. The molecule has 0 amide bonds. The van der Waals surface area contributed by atoms with Gasteiger partial charge in [0.05, 0.1) is 10.5 Å². The van der Waals surface area contributed by atoms with E-state index >= 15 is 0 Å². The molecule has 3 heteroatoms. The second kappa shape index (κ2) is 4.50. The first-order valence-corrected chi connectivity index (χ1v) is 6.13. The summed E-state index contributed by atoms with van der Waals surface area (Å²) in [4.78, 5) is 4.56. The molecule has 15 heavy (non-hydrogen) atoms. The van der Waals surface area contributed by atoms with Crippen LogP contribution in [0.3, 0.4) is 0 Å². The Hall–Kier alpha value is -0.600. The number of halogens is 2. The van der Waals surface area contributed by atoms with E-state index in [4.69, 9.17) is 11.6 Å². The van der Waals surface area contributed by atoms with Gasteiger partial charge in [-0.15, -0.1) is 0 Å². The average Bonchev–Trinajstić information content (AvgIpc) is 2.20. The van der Waals surface area contributed by atoms with E-state index in [-0.39, 0.29) is 0 Å². The minimum Gasteiger partial charge on any atom is -0.251 e. The molecular formula is C12H11BrClN. The standard InChI is InChI=1S/C12H11BrClN/c1-2-4-8-7-10(13)9-5-3-6-11(14)12(9)15-8/h3,5-7H,2,4H2,1H3. The third-order valence-electron chi connectivity index (χ3n) is 2.30. The summed E-state index contributed by atoms with van der Waals surface area (Å²) in [5.74, 6) is 0. The van der Waals surface area contributed by atoms with E-state index in [2.05, 4.69) is 33.9 Å². The van der Waals surface area contributed by atoms with Crippen molar-refractivity contribution in [2.24, 2.45) is 0 Å². The molecule has 78 valence electrons. The second-order valence-corrected chi connectivity index (χ2v) is 4.74. The van der Waals surface area contributed by atoms with Gasteiger partial charge in [0.2, 0.25) is 0 Å². The molecule has 0 radical (unpaired) electrons. The van der Waals surface area contributed by atoms with Gasteiger partial charge in [0.15, 0.2) is 0 Å². The smallest absolute Gasteiger partial charge is 0.0902 e. The van der Waals surface area contributed by atoms with Gasteiger partial charge in [-0.2, -0.15) is 0 Å². The van der Waals surface area contributed by atoms with Gasteiger partial charge in [0.25, 0.3) is 0 Å². The lowest BCUT2D eigenvalue weighted by Crippen LogP contribution is -1.91. The number of aryl methyl sites for hydroxylation is 1. The second-order valence-electron chi connectivity index (χ2n) is 3.48. The zero-order valence-electron chi connectivity index (χ0n) is 8.43. The van der Waals surface area contributed by atoms with Crippen LogP contribution in [0.1, 0.15) is 19.0 Å². The Morgan fingerprint density at radius 2 is 2.20 bits per heavy atom. The van der Waals surface area contributed by atoms with Crippen LogP contribution in [-0.2, 0) is 6.42 Å². The van der Waals surface area contributed by atoms with Crippen LogP contribution in [-0.4, -0.2) is 4.98 Å². The molecule has 1 nitrogen and oxygen atoms in total. The highest BCUT2D eigenvalue weighted by Crippen LogP contribution is 2.28. The molecule has 0 N–H and O–H groups in total. The first-order chi connectivity index (χ1) is 7.22. The van der Waals surface area contributed by atoms with E-state index in [1.54, 1.807) is 0 Å². The van der Waals surface area contributed by atoms with Crippen LogP contribution in [0.2, 0.25) is 5.02 Å². The van der Waals surface area contributed by atoms with Crippen molar-refractivity contribution in [3.63, 3.8) is 0 Å². The molecule has 1 aromatic carbocycles. The predicted molar refractivity (Wildman–Crippen MR) is 68.4 cm³/mol. The normalized spacial score (nSPS) is 10.9. The molecule has 0 spiro atoms. The number of hydrogen-bond donors (Lipinski definition) is 0. The van der Waals surface area contributed by atoms with Gasteiger partial charge < -0.3 is 0 Å². The van der Waals surface area contributed by atoms with Crippen LogP contribution in [0, 0.1) is 0 Å². The number of aromatic nitrogens is 1. The van der Waals surface area contributed by atoms with Crippen LogP contribution in [0.5, 0.6) is 0 Å². The Morgan fingerprint density at radius 1 is 1.40 bits per heavy atom. The van der Waals surface area contributed by atoms with Crippen molar-refractivity contribution in [1.29, 1.82) is 0 Å². The van der Waals surface area contributed by atoms with E-state index in [1.807, 2.05) is 18.2 Å². The Balaban J connectivity index is 2.68. The molecule has 0 aliphatic heterocycles. The van der Waals surface area contributed by atoms with Crippen LogP contribution in [0.25, 0.3) is 10.9 Å². The minimum absolute atomic E-state index is 0.714. The van der Waals surface area contributed by atoms with Crippen molar-refractivity contribution in [1.82, 2.24) is 4.98 Å². The fraction of sp³-hybridized carbons (Fsp3) is 0.250. The number of benzene rings is 1. The fourth-order valence-corrected chi connectivity index (χ4v) is 2.41. The lowest BCUT2D eigenvalue weighted by Gasteiger charge is -2.05. The van der Waals surface area contributed by atoms with Crippen LogP contribution in [0.4, 0.5) is 0 Å². The van der Waals surface area contributed by atoms with E-state index < -0.39 is 0 Å². The summed E-state index contributed by atoms with van der Waals surface area (Å²) in [5, 5.41) is 1.79. The molecule has 2 rings (SSSR count). The topological polar surface area (TPSA) is 12.9 Å². The molecule has 1 aromatic heterocycles. The number of rotatable bonds is 2. The Bertz CT molecular complexity index is 496. The largest absolute Gasteiger partial charge is 0.251 e. The molecule has 0 unspecified atom stereocenters. The van der Waals surface area contributed by atoms with Crippen LogP contribution in [0.15, 0.2) is 28.7 Å². The van der Waals surface area contributed by atoms with Crippen molar-refractivity contribution in [2.75, 3.05) is 0 Å². The molecular weight excluding hydrogens is 273 g/mol. The summed E-state index contributed by atoms with van der Waals surface area (Å²) in [6.07, 6.45) is 2.08. The fourth-order valence-electron chi connectivity index (χ4n) is 1.61. The van der Waals surface area contributed by atoms with E-state index in [0.29, 0.717) is 5.02 Å². The van der Waals surface area contributed by atoms with Crippen molar-refractivity contribution in [3.05, 3.63) is 39.5 Å². The van der Waals surface area contributed by atoms with Gasteiger partial charge in [-0.1, -0.05) is 53.0 Å². The highest BCUT2D eigenvalue weighted by molar-refractivity contribution is 9.10. The summed E-state index contributed by atoms with van der Waals surface area (Å²) >= 11 is 9.67. The summed E-state index contributed by atoms with van der Waals surface area (Å²) in [6, 6.07) is 7.91. The molecule has 0 saturated carbocycles. The molecule has 2 aromatic rings. The van der Waals surface area contributed by atoms with E-state index in [0.717, 1.165) is 33.9 Å².